The van der Waals surface area contributed by atoms with Gasteiger partial charge in [-0.25, -0.2) is 21.6 Å². The summed E-state index contributed by atoms with van der Waals surface area (Å²) in [5, 5.41) is 13.8. The highest BCUT2D eigenvalue weighted by Gasteiger charge is 2.44. The van der Waals surface area contributed by atoms with Crippen LogP contribution in [-0.4, -0.2) is 88.9 Å². The fraction of sp³-hybridized carbons (Fsp3) is 0.414. The first-order valence-corrected chi connectivity index (χ1v) is 16.8. The highest BCUT2D eigenvalue weighted by atomic mass is 32.2. The molecule has 0 amide bonds. The SMILES string of the molecule is CNS(=O)(=O)c1cccc(OCC(O)CNC2COC3(CCN(S(=O)(=O)c4cccc(-c5cccnc5)c4)CC3)C2)c1. The summed E-state index contributed by atoms with van der Waals surface area (Å²) < 4.78 is 66.5. The number of benzene rings is 2. The van der Waals surface area contributed by atoms with Gasteiger partial charge in [-0.3, -0.25) is 4.98 Å². The Morgan fingerprint density at radius 1 is 1.05 bits per heavy atom. The third-order valence-electron chi connectivity index (χ3n) is 7.78. The second kappa shape index (κ2) is 12.8. The molecule has 42 heavy (non-hydrogen) atoms. The molecule has 2 aliphatic rings. The van der Waals surface area contributed by atoms with Gasteiger partial charge in [-0.2, -0.15) is 4.31 Å². The second-order valence-electron chi connectivity index (χ2n) is 10.6. The molecule has 3 N–H and O–H groups in total. The van der Waals surface area contributed by atoms with Gasteiger partial charge in [0.15, 0.2) is 0 Å². The number of hydrogen-bond donors (Lipinski definition) is 3. The van der Waals surface area contributed by atoms with Crippen LogP contribution in [-0.2, 0) is 24.8 Å². The molecule has 1 aromatic heterocycles. The standard InChI is InChI=1S/C29H36N4O7S2/c1-30-41(35,36)27-8-3-7-26(16-27)39-21-25(34)19-32-24-17-29(40-20-24)10-13-33(14-11-29)42(37,38)28-9-2-5-22(15-28)23-6-4-12-31-18-23/h2-9,12,15-16,18,24-25,30,32,34H,10-11,13-14,17,19-21H2,1H3. The van der Waals surface area contributed by atoms with Gasteiger partial charge in [0.1, 0.15) is 18.5 Å². The van der Waals surface area contributed by atoms with E-state index in [1.54, 1.807) is 42.7 Å². The Hall–Kier alpha value is -2.91. The Morgan fingerprint density at radius 2 is 1.79 bits per heavy atom. The minimum atomic E-state index is -3.66. The van der Waals surface area contributed by atoms with Gasteiger partial charge in [0.25, 0.3) is 0 Å². The minimum Gasteiger partial charge on any atom is -0.491 e. The number of aliphatic hydroxyl groups is 1. The van der Waals surface area contributed by atoms with E-state index < -0.39 is 31.8 Å². The number of nitrogens with one attached hydrogen (secondary N) is 2. The van der Waals surface area contributed by atoms with E-state index in [4.69, 9.17) is 9.47 Å². The van der Waals surface area contributed by atoms with Crippen LogP contribution in [0.15, 0.2) is 82.8 Å². The fourth-order valence-corrected chi connectivity index (χ4v) is 7.63. The zero-order valence-corrected chi connectivity index (χ0v) is 25.0. The predicted octanol–water partition coefficient (Wildman–Crippen LogP) is 2.00. The lowest BCUT2D eigenvalue weighted by Crippen LogP contribution is -2.47. The molecule has 11 nitrogen and oxygen atoms in total. The van der Waals surface area contributed by atoms with Crippen molar-refractivity contribution in [1.29, 1.82) is 0 Å². The van der Waals surface area contributed by atoms with Crippen LogP contribution in [0, 0.1) is 0 Å². The smallest absolute Gasteiger partial charge is 0.243 e. The summed E-state index contributed by atoms with van der Waals surface area (Å²) in [5.41, 5.74) is 1.26. The lowest BCUT2D eigenvalue weighted by atomic mass is 9.88. The molecule has 2 saturated heterocycles. The summed E-state index contributed by atoms with van der Waals surface area (Å²) in [4.78, 5) is 4.47. The van der Waals surface area contributed by atoms with Crippen molar-refractivity contribution in [2.24, 2.45) is 0 Å². The molecule has 5 rings (SSSR count). The third-order valence-corrected chi connectivity index (χ3v) is 11.1. The van der Waals surface area contributed by atoms with E-state index in [9.17, 15) is 21.9 Å². The van der Waals surface area contributed by atoms with Crippen LogP contribution in [0.4, 0.5) is 0 Å². The molecule has 3 heterocycles. The van der Waals surface area contributed by atoms with E-state index >= 15 is 0 Å². The highest BCUT2D eigenvalue weighted by Crippen LogP contribution is 2.37. The molecular weight excluding hydrogens is 580 g/mol. The van der Waals surface area contributed by atoms with E-state index in [0.29, 0.717) is 38.3 Å². The Bertz CT molecular complexity index is 1580. The molecule has 2 atom stereocenters. The molecule has 13 heteroatoms. The van der Waals surface area contributed by atoms with Gasteiger partial charge in [-0.1, -0.05) is 24.3 Å². The normalized spacial score (nSPS) is 20.0. The third kappa shape index (κ3) is 7.00. The minimum absolute atomic E-state index is 0.0103. The van der Waals surface area contributed by atoms with Crippen LogP contribution in [0.3, 0.4) is 0 Å². The zero-order valence-electron chi connectivity index (χ0n) is 23.3. The maximum atomic E-state index is 13.4. The van der Waals surface area contributed by atoms with Crippen molar-refractivity contribution < 1.29 is 31.4 Å². The quantitative estimate of drug-likeness (QED) is 0.294. The van der Waals surface area contributed by atoms with Gasteiger partial charge in [0.2, 0.25) is 20.0 Å². The first kappa shape index (κ1) is 30.5. The average molecular weight is 617 g/mol. The van der Waals surface area contributed by atoms with Crippen LogP contribution in [0.2, 0.25) is 0 Å². The zero-order chi connectivity index (χ0) is 29.8. The molecule has 1 spiro atoms. The van der Waals surface area contributed by atoms with E-state index in [0.717, 1.165) is 17.5 Å². The van der Waals surface area contributed by atoms with Crippen molar-refractivity contribution in [3.8, 4) is 16.9 Å². The lowest BCUT2D eigenvalue weighted by Gasteiger charge is -2.38. The van der Waals surface area contributed by atoms with Gasteiger partial charge < -0.3 is 19.9 Å². The van der Waals surface area contributed by atoms with Crippen LogP contribution in [0.25, 0.3) is 11.1 Å². The summed E-state index contributed by atoms with van der Waals surface area (Å²) in [6, 6.07) is 16.8. The van der Waals surface area contributed by atoms with Gasteiger partial charge >= 0.3 is 0 Å². The monoisotopic (exact) mass is 616 g/mol. The van der Waals surface area contributed by atoms with Crippen molar-refractivity contribution in [2.45, 2.75) is 46.8 Å². The summed E-state index contributed by atoms with van der Waals surface area (Å²) in [5.74, 6) is 0.346. The number of nitrogens with zero attached hydrogens (tertiary/aromatic N) is 2. The van der Waals surface area contributed by atoms with E-state index in [2.05, 4.69) is 15.0 Å². The Morgan fingerprint density at radius 3 is 2.52 bits per heavy atom. The molecule has 3 aromatic rings. The van der Waals surface area contributed by atoms with Gasteiger partial charge in [-0.05, 0) is 62.2 Å². The van der Waals surface area contributed by atoms with Gasteiger partial charge in [0, 0.05) is 49.7 Å². The number of hydrogen-bond acceptors (Lipinski definition) is 9. The van der Waals surface area contributed by atoms with Crippen molar-refractivity contribution in [3.63, 3.8) is 0 Å². The van der Waals surface area contributed by atoms with E-state index in [1.807, 2.05) is 18.2 Å². The number of piperidine rings is 1. The fourth-order valence-electron chi connectivity index (χ4n) is 5.38. The average Bonchev–Trinajstić information content (AvgIpc) is 3.41. The van der Waals surface area contributed by atoms with Crippen molar-refractivity contribution in [2.75, 3.05) is 39.9 Å². The summed E-state index contributed by atoms with van der Waals surface area (Å²) in [7, 11) is -5.91. The largest absolute Gasteiger partial charge is 0.491 e. The maximum absolute atomic E-state index is 13.4. The second-order valence-corrected chi connectivity index (χ2v) is 14.4. The first-order chi connectivity index (χ1) is 20.1. The van der Waals surface area contributed by atoms with Crippen LogP contribution in [0.5, 0.6) is 5.75 Å². The van der Waals surface area contributed by atoms with Crippen molar-refractivity contribution >= 4 is 20.0 Å². The van der Waals surface area contributed by atoms with Gasteiger partial charge in [-0.15, -0.1) is 0 Å². The molecule has 0 bridgehead atoms. The summed E-state index contributed by atoms with van der Waals surface area (Å²) in [6.07, 6.45) is 4.46. The Kier molecular flexibility index (Phi) is 9.28. The summed E-state index contributed by atoms with van der Waals surface area (Å²) >= 11 is 0. The van der Waals surface area contributed by atoms with E-state index in [-0.39, 0.29) is 29.0 Å². The Labute approximate surface area is 247 Å². The molecule has 2 fully saturated rings. The number of aromatic nitrogens is 1. The lowest BCUT2D eigenvalue weighted by molar-refractivity contribution is -0.0312. The van der Waals surface area contributed by atoms with Crippen LogP contribution in [0.1, 0.15) is 19.3 Å². The molecule has 2 aromatic carbocycles. The molecular formula is C29H36N4O7S2. The number of ether oxygens (including phenoxy) is 2. The topological polar surface area (TPSA) is 147 Å². The molecule has 2 unspecified atom stereocenters. The Balaban J connectivity index is 1.10. The highest BCUT2D eigenvalue weighted by molar-refractivity contribution is 7.89. The molecule has 2 aliphatic heterocycles. The van der Waals surface area contributed by atoms with Crippen molar-refractivity contribution in [1.82, 2.24) is 19.3 Å². The van der Waals surface area contributed by atoms with E-state index in [1.165, 1.54) is 23.5 Å². The predicted molar refractivity (Wildman–Crippen MR) is 157 cm³/mol. The number of aliphatic hydroxyl groups excluding tert-OH is 1. The molecule has 0 saturated carbocycles. The van der Waals surface area contributed by atoms with Crippen LogP contribution < -0.4 is 14.8 Å². The number of rotatable bonds is 11. The molecule has 0 aliphatic carbocycles. The molecule has 226 valence electrons. The van der Waals surface area contributed by atoms with Crippen molar-refractivity contribution in [3.05, 3.63) is 73.1 Å². The van der Waals surface area contributed by atoms with Crippen LogP contribution >= 0.6 is 0 Å². The summed E-state index contributed by atoms with van der Waals surface area (Å²) in [6.45, 7) is 1.46. The molecule has 0 radical (unpaired) electrons. The van der Waals surface area contributed by atoms with Gasteiger partial charge in [0.05, 0.1) is 22.0 Å². The number of pyridine rings is 1. The maximum Gasteiger partial charge on any atom is 0.243 e. The first-order valence-electron chi connectivity index (χ1n) is 13.8. The number of sulfonamides is 2.